The first kappa shape index (κ1) is 17.1. The van der Waals surface area contributed by atoms with E-state index in [-0.39, 0.29) is 6.03 Å². The number of benzene rings is 2. The first-order valence-corrected chi connectivity index (χ1v) is 8.65. The third-order valence-electron chi connectivity index (χ3n) is 4.14. The van der Waals surface area contributed by atoms with Gasteiger partial charge in [-0.2, -0.15) is 0 Å². The van der Waals surface area contributed by atoms with E-state index in [1.807, 2.05) is 42.5 Å². The zero-order valence-electron chi connectivity index (χ0n) is 14.7. The molecule has 1 heterocycles. The fourth-order valence-corrected chi connectivity index (χ4v) is 2.69. The maximum atomic E-state index is 12.0. The number of fused-ring (bicyclic) bond motifs is 1. The van der Waals surface area contributed by atoms with Gasteiger partial charge in [-0.25, -0.2) is 4.79 Å². The van der Waals surface area contributed by atoms with Gasteiger partial charge in [-0.3, -0.25) is 0 Å². The lowest BCUT2D eigenvalue weighted by Crippen LogP contribution is -2.30. The van der Waals surface area contributed by atoms with Crippen LogP contribution in [0.2, 0.25) is 0 Å². The van der Waals surface area contributed by atoms with Gasteiger partial charge in [-0.15, -0.1) is 0 Å². The van der Waals surface area contributed by atoms with Crippen molar-refractivity contribution >= 4 is 11.7 Å². The van der Waals surface area contributed by atoms with Gasteiger partial charge >= 0.3 is 6.03 Å². The zero-order valence-corrected chi connectivity index (χ0v) is 14.7. The molecule has 0 saturated heterocycles. The highest BCUT2D eigenvalue weighted by molar-refractivity contribution is 5.89. The Hall–Kier alpha value is -2.69. The molecule has 3 rings (SSSR count). The first-order chi connectivity index (χ1) is 12.1. The van der Waals surface area contributed by atoms with Crippen LogP contribution in [0.5, 0.6) is 11.5 Å². The van der Waals surface area contributed by atoms with Gasteiger partial charge in [-0.05, 0) is 47.7 Å². The van der Waals surface area contributed by atoms with Crippen LogP contribution in [0.15, 0.2) is 42.5 Å². The lowest BCUT2D eigenvalue weighted by molar-refractivity contribution is 0.171. The third-order valence-corrected chi connectivity index (χ3v) is 4.14. The third kappa shape index (κ3) is 4.66. The molecule has 0 unspecified atom stereocenters. The van der Waals surface area contributed by atoms with Crippen molar-refractivity contribution in [1.82, 2.24) is 5.32 Å². The van der Waals surface area contributed by atoms with E-state index in [9.17, 15) is 4.79 Å². The van der Waals surface area contributed by atoms with Gasteiger partial charge in [0, 0.05) is 12.2 Å². The smallest absolute Gasteiger partial charge is 0.319 e. The molecule has 0 radical (unpaired) electrons. The predicted octanol–water partition coefficient (Wildman–Crippen LogP) is 3.95. The van der Waals surface area contributed by atoms with Crippen LogP contribution < -0.4 is 20.1 Å². The number of anilines is 1. The van der Waals surface area contributed by atoms with E-state index in [0.717, 1.165) is 29.2 Å². The van der Waals surface area contributed by atoms with E-state index < -0.39 is 0 Å². The Balaban J connectivity index is 1.46. The van der Waals surface area contributed by atoms with Crippen molar-refractivity contribution in [2.45, 2.75) is 26.2 Å². The summed E-state index contributed by atoms with van der Waals surface area (Å²) in [5.41, 5.74) is 3.15. The molecule has 2 aromatic rings. The molecule has 2 amide bonds. The average molecular weight is 340 g/mol. The van der Waals surface area contributed by atoms with Crippen molar-refractivity contribution in [3.05, 3.63) is 53.6 Å². The Labute approximate surface area is 148 Å². The van der Waals surface area contributed by atoms with Gasteiger partial charge in [0.15, 0.2) is 11.5 Å². The van der Waals surface area contributed by atoms with Gasteiger partial charge in [0.1, 0.15) is 13.2 Å². The molecular weight excluding hydrogens is 316 g/mol. The molecule has 0 atom stereocenters. The summed E-state index contributed by atoms with van der Waals surface area (Å²) in [6.45, 7) is 6.01. The molecule has 5 heteroatoms. The topological polar surface area (TPSA) is 59.6 Å². The number of hydrogen-bond donors (Lipinski definition) is 2. The molecule has 0 saturated carbocycles. The summed E-state index contributed by atoms with van der Waals surface area (Å²) in [6.07, 6.45) is 0.732. The standard InChI is InChI=1S/C20H24N2O3/c1-14(2)16-4-6-17(7-5-16)22-20(23)21-10-9-15-3-8-18-19(13-15)25-12-11-24-18/h3-8,13-14H,9-12H2,1-2H3,(H2,21,22,23). The van der Waals surface area contributed by atoms with Crippen molar-refractivity contribution in [1.29, 1.82) is 0 Å². The number of amides is 2. The highest BCUT2D eigenvalue weighted by Gasteiger charge is 2.11. The Morgan fingerprint density at radius 3 is 2.48 bits per heavy atom. The molecule has 0 bridgehead atoms. The second-order valence-electron chi connectivity index (χ2n) is 6.39. The Kier molecular flexibility index (Phi) is 5.43. The first-order valence-electron chi connectivity index (χ1n) is 8.65. The van der Waals surface area contributed by atoms with Crippen LogP contribution in [0.25, 0.3) is 0 Å². The highest BCUT2D eigenvalue weighted by Crippen LogP contribution is 2.30. The number of urea groups is 1. The van der Waals surface area contributed by atoms with Crippen LogP contribution >= 0.6 is 0 Å². The summed E-state index contributed by atoms with van der Waals surface area (Å²) >= 11 is 0. The molecule has 25 heavy (non-hydrogen) atoms. The Morgan fingerprint density at radius 2 is 1.76 bits per heavy atom. The van der Waals surface area contributed by atoms with Gasteiger partial charge in [0.2, 0.25) is 0 Å². The summed E-state index contributed by atoms with van der Waals surface area (Å²) < 4.78 is 11.1. The zero-order chi connectivity index (χ0) is 17.6. The van der Waals surface area contributed by atoms with Gasteiger partial charge in [-0.1, -0.05) is 32.0 Å². The number of rotatable bonds is 5. The van der Waals surface area contributed by atoms with Gasteiger partial charge < -0.3 is 20.1 Å². The number of carbonyl (C=O) groups is 1. The van der Waals surface area contributed by atoms with E-state index in [0.29, 0.717) is 25.7 Å². The van der Waals surface area contributed by atoms with Crippen LogP contribution in [0, 0.1) is 0 Å². The van der Waals surface area contributed by atoms with Crippen LogP contribution in [0.4, 0.5) is 10.5 Å². The normalized spacial score (nSPS) is 12.8. The molecule has 0 aromatic heterocycles. The highest BCUT2D eigenvalue weighted by atomic mass is 16.6. The lowest BCUT2D eigenvalue weighted by Gasteiger charge is -2.18. The van der Waals surface area contributed by atoms with E-state index in [4.69, 9.17) is 9.47 Å². The van der Waals surface area contributed by atoms with Crippen LogP contribution in [-0.4, -0.2) is 25.8 Å². The number of carbonyl (C=O) groups excluding carboxylic acids is 1. The molecule has 132 valence electrons. The van der Waals surface area contributed by atoms with E-state index in [2.05, 4.69) is 24.5 Å². The summed E-state index contributed by atoms with van der Waals surface area (Å²) in [7, 11) is 0. The lowest BCUT2D eigenvalue weighted by atomic mass is 10.0. The Morgan fingerprint density at radius 1 is 1.04 bits per heavy atom. The summed E-state index contributed by atoms with van der Waals surface area (Å²) in [5.74, 6) is 2.04. The van der Waals surface area contributed by atoms with Crippen LogP contribution in [0.3, 0.4) is 0 Å². The Bertz CT molecular complexity index is 726. The van der Waals surface area contributed by atoms with E-state index in [1.165, 1.54) is 5.56 Å². The minimum absolute atomic E-state index is 0.199. The van der Waals surface area contributed by atoms with Crippen molar-refractivity contribution in [2.24, 2.45) is 0 Å². The molecular formula is C20H24N2O3. The van der Waals surface area contributed by atoms with Gasteiger partial charge in [0.25, 0.3) is 0 Å². The number of hydrogen-bond acceptors (Lipinski definition) is 3. The summed E-state index contributed by atoms with van der Waals surface area (Å²) in [4.78, 5) is 12.0. The fourth-order valence-electron chi connectivity index (χ4n) is 2.69. The van der Waals surface area contributed by atoms with Crippen LogP contribution in [-0.2, 0) is 6.42 Å². The van der Waals surface area contributed by atoms with Crippen molar-refractivity contribution < 1.29 is 14.3 Å². The summed E-state index contributed by atoms with van der Waals surface area (Å²) in [6, 6.07) is 13.6. The van der Waals surface area contributed by atoms with E-state index in [1.54, 1.807) is 0 Å². The minimum Gasteiger partial charge on any atom is -0.486 e. The molecule has 5 nitrogen and oxygen atoms in total. The molecule has 0 aliphatic carbocycles. The maximum Gasteiger partial charge on any atom is 0.319 e. The molecule has 0 spiro atoms. The second-order valence-corrected chi connectivity index (χ2v) is 6.39. The monoisotopic (exact) mass is 340 g/mol. The minimum atomic E-state index is -0.199. The maximum absolute atomic E-state index is 12.0. The average Bonchev–Trinajstić information content (AvgIpc) is 2.62. The molecule has 1 aliphatic heterocycles. The largest absolute Gasteiger partial charge is 0.486 e. The number of ether oxygens (including phenoxy) is 2. The van der Waals surface area contributed by atoms with Crippen molar-refractivity contribution in [3.63, 3.8) is 0 Å². The van der Waals surface area contributed by atoms with Gasteiger partial charge in [0.05, 0.1) is 0 Å². The fraction of sp³-hybridized carbons (Fsp3) is 0.350. The quantitative estimate of drug-likeness (QED) is 0.866. The summed E-state index contributed by atoms with van der Waals surface area (Å²) in [5, 5.41) is 5.72. The molecule has 1 aliphatic rings. The molecule has 0 fully saturated rings. The molecule has 2 aromatic carbocycles. The molecule has 2 N–H and O–H groups in total. The van der Waals surface area contributed by atoms with Crippen molar-refractivity contribution in [3.8, 4) is 11.5 Å². The number of nitrogens with one attached hydrogen (secondary N) is 2. The van der Waals surface area contributed by atoms with Crippen LogP contribution in [0.1, 0.15) is 30.9 Å². The van der Waals surface area contributed by atoms with Crippen molar-refractivity contribution in [2.75, 3.05) is 25.1 Å². The SMILES string of the molecule is CC(C)c1ccc(NC(=O)NCCc2ccc3c(c2)OCCO3)cc1. The second kappa shape index (κ2) is 7.92. The van der Waals surface area contributed by atoms with E-state index >= 15 is 0 Å². The predicted molar refractivity (Wildman–Crippen MR) is 98.7 cm³/mol.